The van der Waals surface area contributed by atoms with E-state index in [-0.39, 0.29) is 5.56 Å². The van der Waals surface area contributed by atoms with E-state index in [1.54, 1.807) is 12.1 Å². The Hall–Kier alpha value is -3.75. The Morgan fingerprint density at radius 2 is 0.889 bits per heavy atom. The minimum atomic E-state index is -1.65. The second-order valence-corrected chi connectivity index (χ2v) is 13.9. The first-order chi connectivity index (χ1) is 26.2. The highest BCUT2D eigenvalue weighted by Crippen LogP contribution is 2.43. The third-order valence-electron chi connectivity index (χ3n) is 10.0. The van der Waals surface area contributed by atoms with E-state index in [0.717, 1.165) is 58.9 Å². The molecular weight excluding hydrogens is 719 g/mol. The molecule has 298 valence electrons. The predicted octanol–water partition coefficient (Wildman–Crippen LogP) is 9.06. The highest BCUT2D eigenvalue weighted by Gasteiger charge is 2.22. The lowest BCUT2D eigenvalue weighted by atomic mass is 10.0. The van der Waals surface area contributed by atoms with E-state index in [2.05, 4.69) is 19.6 Å². The van der Waals surface area contributed by atoms with Gasteiger partial charge in [-0.15, -0.1) is 0 Å². The summed E-state index contributed by atoms with van der Waals surface area (Å²) < 4.78 is 110. The molecule has 0 radical (unpaired) electrons. The fraction of sp³-hybridized carbons (Fsp3) is 0.550. The summed E-state index contributed by atoms with van der Waals surface area (Å²) in [6, 6.07) is 6.77. The van der Waals surface area contributed by atoms with Gasteiger partial charge in [0.1, 0.15) is 55.4 Å². The van der Waals surface area contributed by atoms with Gasteiger partial charge in [-0.05, 0) is 95.5 Å². The van der Waals surface area contributed by atoms with Crippen LogP contribution in [0, 0.1) is 29.1 Å². The zero-order chi connectivity index (χ0) is 38.3. The standard InChI is InChI=1S/C34H48F3N3O3.C6H2F4O/c35-26-29-30(36)22-27(23-31(29)37)34-32(42-20-17-39-12-6-2-7-13-39)24-28(41-19-16-38-10-4-1-5-11-38)25-33(34)43-21-18-40-14-8-3-9-15-40;7-4-1-3(11-10)2-5(8)6(4)9/h22-25H,1-21,26H2;1-2H. The lowest BCUT2D eigenvalue weighted by Crippen LogP contribution is -2.33. The SMILES string of the molecule is FCc1c(F)cc(-c2c(OCCN3CCCCC3)cc(OCCN3CCCCC3)cc2OCCN2CCCCC2)cc1F.FOc1cc(F)c(F)c(F)c1. The number of nitrogens with zero attached hydrogens (tertiary/aromatic N) is 3. The lowest BCUT2D eigenvalue weighted by molar-refractivity contribution is -0.00711. The zero-order valence-corrected chi connectivity index (χ0v) is 30.6. The van der Waals surface area contributed by atoms with E-state index in [4.69, 9.17) is 14.2 Å². The van der Waals surface area contributed by atoms with Crippen LogP contribution in [-0.2, 0) is 6.67 Å². The van der Waals surface area contributed by atoms with Crippen molar-refractivity contribution in [2.75, 3.05) is 78.7 Å². The minimum absolute atomic E-state index is 0.257. The summed E-state index contributed by atoms with van der Waals surface area (Å²) >= 11 is 0. The molecule has 7 nitrogen and oxygen atoms in total. The molecule has 3 aromatic carbocycles. The van der Waals surface area contributed by atoms with Crippen LogP contribution in [0.25, 0.3) is 11.1 Å². The quantitative estimate of drug-likeness (QED) is 0.113. The van der Waals surface area contributed by atoms with Crippen molar-refractivity contribution in [1.82, 2.24) is 14.7 Å². The first-order valence-electron chi connectivity index (χ1n) is 19.0. The number of hydrogen-bond acceptors (Lipinski definition) is 7. The van der Waals surface area contributed by atoms with Crippen molar-refractivity contribution in [3.8, 4) is 34.1 Å². The number of rotatable bonds is 15. The van der Waals surface area contributed by atoms with Gasteiger partial charge in [0, 0.05) is 48.4 Å². The van der Waals surface area contributed by atoms with Crippen molar-refractivity contribution in [2.24, 2.45) is 0 Å². The molecule has 0 aliphatic carbocycles. The maximum absolute atomic E-state index is 14.9. The molecule has 0 atom stereocenters. The summed E-state index contributed by atoms with van der Waals surface area (Å²) in [5, 5.41) is 0. The highest BCUT2D eigenvalue weighted by molar-refractivity contribution is 5.78. The van der Waals surface area contributed by atoms with E-state index in [0.29, 0.717) is 54.8 Å². The van der Waals surface area contributed by atoms with Crippen LogP contribution in [0.15, 0.2) is 36.4 Å². The van der Waals surface area contributed by atoms with Gasteiger partial charge < -0.3 is 14.2 Å². The molecule has 3 aromatic rings. The van der Waals surface area contributed by atoms with Crippen LogP contribution in [0.1, 0.15) is 63.4 Å². The van der Waals surface area contributed by atoms with Crippen molar-refractivity contribution in [1.29, 1.82) is 0 Å². The molecule has 3 heterocycles. The normalized spacial score (nSPS) is 17.1. The molecule has 0 aromatic heterocycles. The number of piperidine rings is 3. The van der Waals surface area contributed by atoms with Gasteiger partial charge in [0.15, 0.2) is 23.2 Å². The van der Waals surface area contributed by atoms with Gasteiger partial charge in [-0.25, -0.2) is 26.3 Å². The Morgan fingerprint density at radius 3 is 1.28 bits per heavy atom. The fourth-order valence-corrected chi connectivity index (χ4v) is 7.02. The number of benzene rings is 3. The molecule has 0 spiro atoms. The third-order valence-corrected chi connectivity index (χ3v) is 10.0. The van der Waals surface area contributed by atoms with Crippen molar-refractivity contribution in [2.45, 2.75) is 64.5 Å². The molecule has 0 unspecified atom stereocenters. The second kappa shape index (κ2) is 21.4. The fourth-order valence-electron chi connectivity index (χ4n) is 7.02. The molecule has 14 heteroatoms. The summed E-state index contributed by atoms with van der Waals surface area (Å²) in [5.41, 5.74) is 0.151. The summed E-state index contributed by atoms with van der Waals surface area (Å²) in [4.78, 5) is 10.2. The second-order valence-electron chi connectivity index (χ2n) is 13.9. The Morgan fingerprint density at radius 1 is 0.481 bits per heavy atom. The number of ether oxygens (including phenoxy) is 3. The van der Waals surface area contributed by atoms with Crippen molar-refractivity contribution in [3.05, 3.63) is 71.0 Å². The summed E-state index contributed by atoms with van der Waals surface area (Å²) in [6.45, 7) is 8.85. The van der Waals surface area contributed by atoms with E-state index in [9.17, 15) is 30.9 Å². The largest absolute Gasteiger partial charge is 0.492 e. The van der Waals surface area contributed by atoms with Crippen LogP contribution in [0.4, 0.5) is 30.9 Å². The van der Waals surface area contributed by atoms with E-state index >= 15 is 0 Å². The molecule has 0 bridgehead atoms. The molecule has 54 heavy (non-hydrogen) atoms. The van der Waals surface area contributed by atoms with Gasteiger partial charge in [0.2, 0.25) is 0 Å². The average molecular weight is 770 g/mol. The van der Waals surface area contributed by atoms with Crippen molar-refractivity contribution in [3.63, 3.8) is 0 Å². The lowest BCUT2D eigenvalue weighted by Gasteiger charge is -2.28. The number of alkyl halides is 1. The van der Waals surface area contributed by atoms with E-state index < -0.39 is 47.1 Å². The molecule has 0 saturated carbocycles. The van der Waals surface area contributed by atoms with Crippen LogP contribution in [0.5, 0.6) is 23.0 Å². The van der Waals surface area contributed by atoms with Crippen LogP contribution < -0.4 is 19.2 Å². The monoisotopic (exact) mass is 769 g/mol. The molecule has 3 saturated heterocycles. The van der Waals surface area contributed by atoms with Crippen LogP contribution in [0.2, 0.25) is 0 Å². The summed E-state index contributed by atoms with van der Waals surface area (Å²) in [6.07, 6.45) is 10.9. The summed E-state index contributed by atoms with van der Waals surface area (Å²) in [7, 11) is 0. The topological polar surface area (TPSA) is 46.6 Å². The first-order valence-corrected chi connectivity index (χ1v) is 19.0. The molecule has 6 rings (SSSR count). The summed E-state index contributed by atoms with van der Waals surface area (Å²) in [5.74, 6) is -5.67. The molecule has 0 amide bonds. The average Bonchev–Trinajstić information content (AvgIpc) is 3.18. The maximum Gasteiger partial charge on any atom is 0.194 e. The molecule has 0 N–H and O–H groups in total. The Bertz CT molecular complexity index is 1530. The van der Waals surface area contributed by atoms with Crippen LogP contribution >= 0.6 is 0 Å². The van der Waals surface area contributed by atoms with Gasteiger partial charge >= 0.3 is 0 Å². The Kier molecular flexibility index (Phi) is 16.4. The van der Waals surface area contributed by atoms with Gasteiger partial charge in [0.05, 0.1) is 11.1 Å². The highest BCUT2D eigenvalue weighted by atomic mass is 19.3. The van der Waals surface area contributed by atoms with Gasteiger partial charge in [-0.3, -0.25) is 19.6 Å². The van der Waals surface area contributed by atoms with Crippen molar-refractivity contribution >= 4 is 0 Å². The third kappa shape index (κ3) is 12.1. The first kappa shape index (κ1) is 41.4. The molecule has 3 aliphatic rings. The zero-order valence-electron chi connectivity index (χ0n) is 30.6. The molecular formula is C40H50F7N3O4. The van der Waals surface area contributed by atoms with Gasteiger partial charge in [-0.2, -0.15) is 0 Å². The number of hydrogen-bond donors (Lipinski definition) is 0. The van der Waals surface area contributed by atoms with Crippen molar-refractivity contribution < 1.29 is 50.0 Å². The number of likely N-dealkylation sites (tertiary alicyclic amines) is 3. The predicted molar refractivity (Wildman–Crippen MR) is 192 cm³/mol. The van der Waals surface area contributed by atoms with Gasteiger partial charge in [-0.1, -0.05) is 19.3 Å². The van der Waals surface area contributed by atoms with E-state index in [1.165, 1.54) is 69.9 Å². The Balaban J connectivity index is 0.000000438. The van der Waals surface area contributed by atoms with E-state index in [1.807, 2.05) is 0 Å². The smallest absolute Gasteiger partial charge is 0.194 e. The van der Waals surface area contributed by atoms with Crippen LogP contribution in [-0.4, -0.2) is 93.4 Å². The van der Waals surface area contributed by atoms with Gasteiger partial charge in [0.25, 0.3) is 0 Å². The maximum atomic E-state index is 14.9. The Labute approximate surface area is 312 Å². The molecule has 3 aliphatic heterocycles. The minimum Gasteiger partial charge on any atom is -0.492 e. The number of halogens is 7. The van der Waals surface area contributed by atoms with Crippen LogP contribution in [0.3, 0.4) is 0 Å². The molecule has 3 fully saturated rings.